The Morgan fingerprint density at radius 3 is 1.10 bits per heavy atom. The topological polar surface area (TPSA) is 44.8 Å². The Hall–Kier alpha value is -5.12. The van der Waals surface area contributed by atoms with Gasteiger partial charge in [-0.2, -0.15) is 0 Å². The summed E-state index contributed by atoms with van der Waals surface area (Å²) in [6, 6.07) is 62.6. The number of carbonyl (C=O) groups is 1. The summed E-state index contributed by atoms with van der Waals surface area (Å²) in [7, 11) is -6.20. The largest absolute Gasteiger partial charge is 0.454 e. The summed E-state index contributed by atoms with van der Waals surface area (Å²) in [5.41, 5.74) is 0. The van der Waals surface area contributed by atoms with Crippen molar-refractivity contribution >= 4 is 53.7 Å². The van der Waals surface area contributed by atoms with E-state index in [9.17, 15) is 4.79 Å². The third-order valence-corrected chi connectivity index (χ3v) is 17.0. The van der Waals surface area contributed by atoms with Gasteiger partial charge in [0.2, 0.25) is 0 Å². The van der Waals surface area contributed by atoms with Crippen LogP contribution in [0.25, 0.3) is 0 Å². The highest BCUT2D eigenvalue weighted by atomic mass is 28.4. The molecule has 0 saturated carbocycles. The zero-order valence-electron chi connectivity index (χ0n) is 26.5. The molecule has 0 bridgehead atoms. The molecule has 1 aliphatic heterocycles. The van der Waals surface area contributed by atoms with Crippen LogP contribution in [0.3, 0.4) is 0 Å². The highest BCUT2D eigenvalue weighted by Crippen LogP contribution is 2.21. The predicted molar refractivity (Wildman–Crippen MR) is 198 cm³/mol. The van der Waals surface area contributed by atoms with E-state index in [1.807, 2.05) is 42.5 Å². The van der Waals surface area contributed by atoms with Crippen molar-refractivity contribution in [2.45, 2.75) is 12.2 Å². The van der Waals surface area contributed by atoms with Gasteiger partial charge in [-0.15, -0.1) is 0 Å². The Kier molecular flexibility index (Phi) is 9.40. The number of hydrogen-bond donors (Lipinski definition) is 0. The minimum absolute atomic E-state index is 0.147. The Morgan fingerprint density at radius 2 is 0.771 bits per heavy atom. The third-order valence-electron chi connectivity index (χ3n) is 8.91. The minimum Gasteiger partial charge on any atom is -0.454 e. The van der Waals surface area contributed by atoms with Crippen LogP contribution in [-0.2, 0) is 18.4 Å². The first-order valence-corrected chi connectivity index (χ1v) is 20.1. The average Bonchev–Trinajstić information content (AvgIpc) is 3.17. The lowest BCUT2D eigenvalue weighted by Crippen LogP contribution is -2.72. The maximum Gasteiger partial charge on any atom is 0.330 e. The molecule has 0 fully saturated rings. The lowest BCUT2D eigenvalue weighted by Gasteiger charge is -2.40. The molecule has 0 N–H and O–H groups in total. The second-order valence-corrected chi connectivity index (χ2v) is 18.5. The highest BCUT2D eigenvalue weighted by Gasteiger charge is 2.48. The molecule has 236 valence electrons. The van der Waals surface area contributed by atoms with E-state index in [4.69, 9.17) is 13.6 Å². The number of esters is 1. The Labute approximate surface area is 284 Å². The van der Waals surface area contributed by atoms with Crippen molar-refractivity contribution in [1.82, 2.24) is 0 Å². The number of rotatable bonds is 11. The molecule has 0 amide bonds. The van der Waals surface area contributed by atoms with Crippen LogP contribution in [0.4, 0.5) is 0 Å². The first-order chi connectivity index (χ1) is 23.7. The Morgan fingerprint density at radius 1 is 0.458 bits per heavy atom. The average molecular weight is 661 g/mol. The summed E-state index contributed by atoms with van der Waals surface area (Å²) in [5.74, 6) is -0.402. The van der Waals surface area contributed by atoms with Crippen molar-refractivity contribution in [2.75, 3.05) is 6.61 Å². The molecule has 2 atom stereocenters. The van der Waals surface area contributed by atoms with Gasteiger partial charge in [0.05, 0.1) is 6.61 Å². The zero-order valence-corrected chi connectivity index (χ0v) is 28.5. The molecule has 0 aromatic heterocycles. The van der Waals surface area contributed by atoms with Gasteiger partial charge >= 0.3 is 5.97 Å². The number of carbonyl (C=O) groups excluding carboxylic acids is 1. The smallest absolute Gasteiger partial charge is 0.330 e. The normalized spacial score (nSPS) is 16.3. The van der Waals surface area contributed by atoms with Gasteiger partial charge in [-0.3, -0.25) is 0 Å². The second-order valence-electron chi connectivity index (χ2n) is 11.8. The third kappa shape index (κ3) is 6.14. The van der Waals surface area contributed by atoms with E-state index in [1.165, 1.54) is 6.08 Å². The van der Waals surface area contributed by atoms with Gasteiger partial charge in [0.1, 0.15) is 6.10 Å². The predicted octanol–water partition coefficient (Wildman–Crippen LogP) is 4.20. The zero-order chi connectivity index (χ0) is 32.7. The first-order valence-electron chi connectivity index (χ1n) is 16.2. The molecule has 0 unspecified atom stereocenters. The molecule has 6 heteroatoms. The van der Waals surface area contributed by atoms with Gasteiger partial charge in [0.25, 0.3) is 16.6 Å². The van der Waals surface area contributed by atoms with Crippen molar-refractivity contribution in [1.29, 1.82) is 0 Å². The molecule has 6 aromatic carbocycles. The molecule has 1 aliphatic rings. The fourth-order valence-corrected chi connectivity index (χ4v) is 14.6. The van der Waals surface area contributed by atoms with Crippen molar-refractivity contribution in [2.24, 2.45) is 0 Å². The van der Waals surface area contributed by atoms with Gasteiger partial charge in [-0.25, -0.2) is 4.79 Å². The van der Waals surface area contributed by atoms with E-state index in [-0.39, 0.29) is 6.61 Å². The summed E-state index contributed by atoms with van der Waals surface area (Å²) in [6.45, 7) is 0.147. The van der Waals surface area contributed by atoms with Gasteiger partial charge in [0.15, 0.2) is 6.10 Å². The molecule has 48 heavy (non-hydrogen) atoms. The number of cyclic esters (lactones) is 1. The van der Waals surface area contributed by atoms with Gasteiger partial charge in [-0.1, -0.05) is 182 Å². The van der Waals surface area contributed by atoms with Crippen LogP contribution in [0, 0.1) is 0 Å². The number of ether oxygens (including phenoxy) is 1. The molecule has 1 heterocycles. The molecule has 0 saturated heterocycles. The number of benzene rings is 6. The molecule has 0 aliphatic carbocycles. The van der Waals surface area contributed by atoms with Crippen LogP contribution in [0.2, 0.25) is 0 Å². The number of hydrogen-bond acceptors (Lipinski definition) is 4. The summed E-state index contributed by atoms with van der Waals surface area (Å²) >= 11 is 0. The van der Waals surface area contributed by atoms with E-state index in [1.54, 1.807) is 0 Å². The van der Waals surface area contributed by atoms with E-state index in [0.29, 0.717) is 0 Å². The lowest BCUT2D eigenvalue weighted by atomic mass is 10.1. The fraction of sp³-hybridized carbons (Fsp3) is 0.0714. The summed E-state index contributed by atoms with van der Waals surface area (Å²) < 4.78 is 20.9. The quantitative estimate of drug-likeness (QED) is 0.119. The molecular formula is C42H36O4Si2. The molecule has 6 aromatic rings. The van der Waals surface area contributed by atoms with Crippen LogP contribution in [-0.4, -0.2) is 41.4 Å². The highest BCUT2D eigenvalue weighted by molar-refractivity contribution is 7.07. The van der Waals surface area contributed by atoms with Crippen LogP contribution in [0.1, 0.15) is 0 Å². The second kappa shape index (κ2) is 14.3. The summed E-state index contributed by atoms with van der Waals surface area (Å²) in [4.78, 5) is 12.9. The molecule has 0 radical (unpaired) electrons. The van der Waals surface area contributed by atoms with E-state index >= 15 is 0 Å². The van der Waals surface area contributed by atoms with Crippen LogP contribution < -0.4 is 31.1 Å². The van der Waals surface area contributed by atoms with Crippen molar-refractivity contribution in [3.8, 4) is 0 Å². The first kappa shape index (κ1) is 31.5. The van der Waals surface area contributed by atoms with E-state index in [2.05, 4.69) is 146 Å². The van der Waals surface area contributed by atoms with Gasteiger partial charge < -0.3 is 13.6 Å². The van der Waals surface area contributed by atoms with Crippen LogP contribution >= 0.6 is 0 Å². The fourth-order valence-electron chi connectivity index (χ4n) is 6.70. The molecule has 4 nitrogen and oxygen atoms in total. The maximum atomic E-state index is 12.9. The monoisotopic (exact) mass is 660 g/mol. The molecule has 7 rings (SSSR count). The summed E-state index contributed by atoms with van der Waals surface area (Å²) in [6.07, 6.45) is 2.09. The Bertz CT molecular complexity index is 1750. The molecule has 0 spiro atoms. The standard InChI is InChI=1S/C42H36O4Si2/c43-42-32-31-40(46-48(37-25-13-4-14-26-37,38-27-15-5-16-28-38)39-29-17-6-18-30-39)41(45-42)33-44-47(34-19-7-1-8-20-34,35-21-9-2-10-22-35)36-23-11-3-12-24-36/h1-32,40-41H,33H2/t40-,41+/m0/s1. The van der Waals surface area contributed by atoms with E-state index < -0.39 is 34.8 Å². The van der Waals surface area contributed by atoms with Crippen molar-refractivity contribution in [3.05, 3.63) is 194 Å². The van der Waals surface area contributed by atoms with Crippen LogP contribution in [0.15, 0.2) is 194 Å². The van der Waals surface area contributed by atoms with Crippen LogP contribution in [0.5, 0.6) is 0 Å². The van der Waals surface area contributed by atoms with Gasteiger partial charge in [0, 0.05) is 6.08 Å². The summed E-state index contributed by atoms with van der Waals surface area (Å²) in [5, 5.41) is 6.65. The van der Waals surface area contributed by atoms with Crippen molar-refractivity contribution < 1.29 is 18.4 Å². The lowest BCUT2D eigenvalue weighted by molar-refractivity contribution is -0.150. The SMILES string of the molecule is O=C1C=C[C@H](O[Si](c2ccccc2)(c2ccccc2)c2ccccc2)[C@@H](CO[Si](c2ccccc2)(c2ccccc2)c2ccccc2)O1. The maximum absolute atomic E-state index is 12.9. The van der Waals surface area contributed by atoms with Gasteiger partial charge in [-0.05, 0) is 37.2 Å². The van der Waals surface area contributed by atoms with Crippen molar-refractivity contribution in [3.63, 3.8) is 0 Å². The molecular weight excluding hydrogens is 625 g/mol. The Balaban J connectivity index is 1.34. The minimum atomic E-state index is -3.13. The van der Waals surface area contributed by atoms with E-state index in [0.717, 1.165) is 31.1 Å².